The van der Waals surface area contributed by atoms with Crippen LogP contribution in [0.25, 0.3) is 0 Å². The number of primary amides is 1. The maximum absolute atomic E-state index is 14.3. The number of carbonyl (C=O) groups is 2. The van der Waals surface area contributed by atoms with Crippen LogP contribution in [0.2, 0.25) is 0 Å². The first-order chi connectivity index (χ1) is 15.6. The minimum absolute atomic E-state index is 0.0104. The zero-order valence-electron chi connectivity index (χ0n) is 22.7. The molecule has 9 atom stereocenters. The van der Waals surface area contributed by atoms with Crippen molar-refractivity contribution in [1.82, 2.24) is 0 Å². The molecule has 5 aliphatic rings. The fraction of sp³-hybridized carbons (Fsp3) is 0.867. The van der Waals surface area contributed by atoms with E-state index in [0.29, 0.717) is 11.7 Å². The predicted molar refractivity (Wildman–Crippen MR) is 137 cm³/mol. The van der Waals surface area contributed by atoms with Gasteiger partial charge in [-0.2, -0.15) is 0 Å². The predicted octanol–water partition coefficient (Wildman–Crippen LogP) is 5.78. The number of amides is 1. The fourth-order valence-electron chi connectivity index (χ4n) is 10.4. The molecule has 5 rings (SSSR count). The van der Waals surface area contributed by atoms with E-state index in [-0.39, 0.29) is 50.9 Å². The fourth-order valence-corrected chi connectivity index (χ4v) is 10.4. The van der Waals surface area contributed by atoms with Crippen molar-refractivity contribution in [2.45, 2.75) is 112 Å². The Morgan fingerprint density at radius 1 is 0.912 bits per heavy atom. The summed E-state index contributed by atoms with van der Waals surface area (Å²) in [5.41, 5.74) is 13.6. The average Bonchev–Trinajstić information content (AvgIpc) is 2.73. The Morgan fingerprint density at radius 2 is 1.56 bits per heavy atom. The molecule has 0 aromatic carbocycles. The molecule has 0 bridgehead atoms. The molecule has 1 amide bonds. The van der Waals surface area contributed by atoms with Crippen molar-refractivity contribution in [1.29, 1.82) is 0 Å². The molecule has 0 spiro atoms. The smallest absolute Gasteiger partial charge is 0.223 e. The van der Waals surface area contributed by atoms with Crippen molar-refractivity contribution < 1.29 is 9.59 Å². The molecule has 0 saturated heterocycles. The van der Waals surface area contributed by atoms with E-state index in [1.54, 1.807) is 0 Å². The molecule has 0 aliphatic heterocycles. The van der Waals surface area contributed by atoms with Crippen LogP contribution in [-0.2, 0) is 9.59 Å². The van der Waals surface area contributed by atoms with Crippen LogP contribution in [-0.4, -0.2) is 17.7 Å². The van der Waals surface area contributed by atoms with Gasteiger partial charge in [-0.05, 0) is 103 Å². The number of fused-ring (bicyclic) bond motifs is 7. The summed E-state index contributed by atoms with van der Waals surface area (Å²) in [4.78, 5) is 26.7. The molecule has 0 aromatic rings. The van der Waals surface area contributed by atoms with Crippen LogP contribution < -0.4 is 11.5 Å². The Morgan fingerprint density at radius 3 is 2.21 bits per heavy atom. The molecule has 0 radical (unpaired) electrons. The Bertz CT molecular complexity index is 969. The van der Waals surface area contributed by atoms with Crippen molar-refractivity contribution in [2.75, 3.05) is 0 Å². The third-order valence-electron chi connectivity index (χ3n) is 13.3. The molecule has 4 nitrogen and oxygen atoms in total. The Hall–Kier alpha value is -1.16. The molecule has 34 heavy (non-hydrogen) atoms. The van der Waals surface area contributed by atoms with Crippen molar-refractivity contribution in [2.24, 2.45) is 61.7 Å². The molecule has 0 aromatic heterocycles. The summed E-state index contributed by atoms with van der Waals surface area (Å²) in [6.45, 7) is 16.5. The monoisotopic (exact) mass is 468 g/mol. The van der Waals surface area contributed by atoms with Crippen LogP contribution in [0.5, 0.6) is 0 Å². The van der Waals surface area contributed by atoms with E-state index in [9.17, 15) is 9.59 Å². The summed E-state index contributed by atoms with van der Waals surface area (Å²) in [5, 5.41) is 0. The molecule has 4 N–H and O–H groups in total. The highest BCUT2D eigenvalue weighted by Crippen LogP contribution is 2.75. The molecular formula is C30H48N2O2. The SMILES string of the molecule is CC1(C)C(N)CC[C@]2(C)[C@H]3C(=O)C=C4[C@H]5C[C@@](C)(C(N)=O)CC[C@]5(C)CC[C@@]4(C)[C@]3(C)CC[C@@H]12. The summed E-state index contributed by atoms with van der Waals surface area (Å²) in [5.74, 6) is 0.966. The molecule has 4 fully saturated rings. The molecular weight excluding hydrogens is 420 g/mol. The van der Waals surface area contributed by atoms with E-state index in [0.717, 1.165) is 51.4 Å². The van der Waals surface area contributed by atoms with Crippen molar-refractivity contribution in [3.8, 4) is 0 Å². The van der Waals surface area contributed by atoms with E-state index in [4.69, 9.17) is 11.5 Å². The average molecular weight is 469 g/mol. The summed E-state index contributed by atoms with van der Waals surface area (Å²) in [6.07, 6.45) is 11.4. The number of hydrogen-bond acceptors (Lipinski definition) is 3. The van der Waals surface area contributed by atoms with E-state index < -0.39 is 5.41 Å². The minimum atomic E-state index is -0.475. The summed E-state index contributed by atoms with van der Waals surface area (Å²) in [7, 11) is 0. The van der Waals surface area contributed by atoms with Crippen LogP contribution in [0.4, 0.5) is 0 Å². The van der Waals surface area contributed by atoms with Crippen LogP contribution in [0.15, 0.2) is 11.6 Å². The second-order valence-corrected chi connectivity index (χ2v) is 15.1. The lowest BCUT2D eigenvalue weighted by Gasteiger charge is -2.70. The Kier molecular flexibility index (Phi) is 5.04. The molecule has 4 heteroatoms. The highest BCUT2D eigenvalue weighted by Gasteiger charge is 2.70. The quantitative estimate of drug-likeness (QED) is 0.511. The second-order valence-electron chi connectivity index (χ2n) is 15.1. The Balaban J connectivity index is 1.62. The van der Waals surface area contributed by atoms with E-state index in [2.05, 4.69) is 54.5 Å². The maximum Gasteiger partial charge on any atom is 0.223 e. The lowest BCUT2D eigenvalue weighted by atomic mass is 9.33. The first-order valence-corrected chi connectivity index (χ1v) is 13.9. The number of carbonyl (C=O) groups excluding carboxylic acids is 2. The highest BCUT2D eigenvalue weighted by molar-refractivity contribution is 5.95. The van der Waals surface area contributed by atoms with Crippen LogP contribution in [0.3, 0.4) is 0 Å². The van der Waals surface area contributed by atoms with Crippen LogP contribution >= 0.6 is 0 Å². The molecule has 0 heterocycles. The van der Waals surface area contributed by atoms with Crippen LogP contribution in [0.1, 0.15) is 106 Å². The van der Waals surface area contributed by atoms with Gasteiger partial charge in [-0.1, -0.05) is 54.0 Å². The van der Waals surface area contributed by atoms with Gasteiger partial charge in [0.25, 0.3) is 0 Å². The molecule has 190 valence electrons. The number of ketones is 1. The first-order valence-electron chi connectivity index (χ1n) is 13.9. The van der Waals surface area contributed by atoms with Gasteiger partial charge in [0, 0.05) is 17.4 Å². The van der Waals surface area contributed by atoms with E-state index >= 15 is 0 Å². The standard InChI is InChI=1S/C30H48N2O2/c1-25(2)21-8-11-30(7)23(28(21,5)10-9-22(25)31)20(33)16-18-19-17-27(4,24(32)34)13-12-26(19,3)14-15-29(18,30)6/h16,19,21-23H,8-15,17,31H2,1-7H3,(H2,32,34)/t19-,21+,22?,23-,26-,27+,28+,29-,30-/m1/s1. The second kappa shape index (κ2) is 6.99. The third kappa shape index (κ3) is 2.81. The summed E-state index contributed by atoms with van der Waals surface area (Å²) >= 11 is 0. The van der Waals surface area contributed by atoms with Gasteiger partial charge < -0.3 is 11.5 Å². The number of rotatable bonds is 1. The Labute approximate surface area is 207 Å². The zero-order valence-corrected chi connectivity index (χ0v) is 22.7. The number of hydrogen-bond donors (Lipinski definition) is 2. The van der Waals surface area contributed by atoms with Gasteiger partial charge in [-0.15, -0.1) is 0 Å². The van der Waals surface area contributed by atoms with Gasteiger partial charge in [-0.25, -0.2) is 0 Å². The largest absolute Gasteiger partial charge is 0.369 e. The van der Waals surface area contributed by atoms with E-state index in [1.807, 2.05) is 0 Å². The summed E-state index contributed by atoms with van der Waals surface area (Å²) < 4.78 is 0. The van der Waals surface area contributed by atoms with E-state index in [1.165, 1.54) is 12.0 Å². The maximum atomic E-state index is 14.3. The van der Waals surface area contributed by atoms with Crippen molar-refractivity contribution in [3.63, 3.8) is 0 Å². The first kappa shape index (κ1) is 24.5. The van der Waals surface area contributed by atoms with Gasteiger partial charge in [-0.3, -0.25) is 9.59 Å². The molecule has 5 aliphatic carbocycles. The summed E-state index contributed by atoms with van der Waals surface area (Å²) in [6, 6.07) is 0.208. The number of allylic oxidation sites excluding steroid dienone is 2. The van der Waals surface area contributed by atoms with Crippen LogP contribution in [0, 0.1) is 50.2 Å². The third-order valence-corrected chi connectivity index (χ3v) is 13.3. The zero-order chi connectivity index (χ0) is 25.1. The lowest BCUT2D eigenvalue weighted by Crippen LogP contribution is -2.67. The van der Waals surface area contributed by atoms with Gasteiger partial charge in [0.1, 0.15) is 0 Å². The van der Waals surface area contributed by atoms with Gasteiger partial charge in [0.2, 0.25) is 5.91 Å². The van der Waals surface area contributed by atoms with Gasteiger partial charge in [0.15, 0.2) is 5.78 Å². The topological polar surface area (TPSA) is 86.2 Å². The van der Waals surface area contributed by atoms with Gasteiger partial charge in [0.05, 0.1) is 0 Å². The minimum Gasteiger partial charge on any atom is -0.369 e. The normalized spacial score (nSPS) is 54.1. The number of nitrogens with two attached hydrogens (primary N) is 2. The lowest BCUT2D eigenvalue weighted by molar-refractivity contribution is -0.187. The van der Waals surface area contributed by atoms with Crippen molar-refractivity contribution in [3.05, 3.63) is 11.6 Å². The van der Waals surface area contributed by atoms with Gasteiger partial charge >= 0.3 is 0 Å². The highest BCUT2D eigenvalue weighted by atomic mass is 16.1. The van der Waals surface area contributed by atoms with Crippen molar-refractivity contribution >= 4 is 11.7 Å². The molecule has 1 unspecified atom stereocenters. The molecule has 4 saturated carbocycles.